The lowest BCUT2D eigenvalue weighted by molar-refractivity contribution is -0.117. The van der Waals surface area contributed by atoms with Gasteiger partial charge in [-0.05, 0) is 32.1 Å². The molecule has 0 aromatic heterocycles. The molecule has 1 rings (SSSR count). The van der Waals surface area contributed by atoms with Crippen LogP contribution in [-0.2, 0) is 4.79 Å². The van der Waals surface area contributed by atoms with E-state index in [1.807, 2.05) is 0 Å². The Balaban J connectivity index is 2.09. The van der Waals surface area contributed by atoms with E-state index in [1.54, 1.807) is 6.92 Å². The summed E-state index contributed by atoms with van der Waals surface area (Å²) in [6, 6.07) is 0.285. The van der Waals surface area contributed by atoms with E-state index >= 15 is 0 Å². The van der Waals surface area contributed by atoms with E-state index in [-0.39, 0.29) is 11.8 Å². The molecular formula is C9H17NO. The van der Waals surface area contributed by atoms with Crippen molar-refractivity contribution in [2.45, 2.75) is 45.1 Å². The van der Waals surface area contributed by atoms with Gasteiger partial charge in [-0.2, -0.15) is 0 Å². The maximum absolute atomic E-state index is 10.6. The minimum Gasteiger partial charge on any atom is -0.327 e. The highest BCUT2D eigenvalue weighted by atomic mass is 16.1. The van der Waals surface area contributed by atoms with Gasteiger partial charge in [-0.1, -0.05) is 6.42 Å². The summed E-state index contributed by atoms with van der Waals surface area (Å²) in [5.41, 5.74) is 5.88. The zero-order valence-corrected chi connectivity index (χ0v) is 7.18. The van der Waals surface area contributed by atoms with Gasteiger partial charge in [0.25, 0.3) is 0 Å². The summed E-state index contributed by atoms with van der Waals surface area (Å²) in [4.78, 5) is 10.6. The summed E-state index contributed by atoms with van der Waals surface area (Å²) < 4.78 is 0. The minimum atomic E-state index is 0.264. The quantitative estimate of drug-likeness (QED) is 0.668. The maximum atomic E-state index is 10.6. The Kier molecular flexibility index (Phi) is 3.06. The van der Waals surface area contributed by atoms with Crippen molar-refractivity contribution in [3.05, 3.63) is 0 Å². The SMILES string of the molecule is CC(=O)CCC(N)C1CCC1. The first-order valence-corrected chi connectivity index (χ1v) is 4.45. The highest BCUT2D eigenvalue weighted by Gasteiger charge is 2.23. The van der Waals surface area contributed by atoms with Crippen LogP contribution in [0.5, 0.6) is 0 Å². The summed E-state index contributed by atoms with van der Waals surface area (Å²) in [6.07, 6.45) is 5.44. The van der Waals surface area contributed by atoms with E-state index in [1.165, 1.54) is 19.3 Å². The fourth-order valence-electron chi connectivity index (χ4n) is 1.47. The van der Waals surface area contributed by atoms with Gasteiger partial charge in [0.1, 0.15) is 5.78 Å². The van der Waals surface area contributed by atoms with Crippen molar-refractivity contribution in [1.29, 1.82) is 0 Å². The van der Waals surface area contributed by atoms with Crippen LogP contribution in [0.15, 0.2) is 0 Å². The van der Waals surface area contributed by atoms with Crippen molar-refractivity contribution in [2.75, 3.05) is 0 Å². The monoisotopic (exact) mass is 155 g/mol. The molecule has 11 heavy (non-hydrogen) atoms. The Morgan fingerprint density at radius 1 is 1.64 bits per heavy atom. The molecule has 0 aromatic carbocycles. The lowest BCUT2D eigenvalue weighted by Gasteiger charge is -2.30. The topological polar surface area (TPSA) is 43.1 Å². The molecule has 1 aliphatic carbocycles. The summed E-state index contributed by atoms with van der Waals surface area (Å²) in [7, 11) is 0. The van der Waals surface area contributed by atoms with E-state index in [0.29, 0.717) is 12.3 Å². The Labute approximate surface area is 68.2 Å². The average Bonchev–Trinajstić information content (AvgIpc) is 1.79. The molecule has 2 heteroatoms. The fraction of sp³-hybridized carbons (Fsp3) is 0.889. The number of ketones is 1. The summed E-state index contributed by atoms with van der Waals surface area (Å²) >= 11 is 0. The second-order valence-electron chi connectivity index (χ2n) is 3.60. The summed E-state index contributed by atoms with van der Waals surface area (Å²) in [5.74, 6) is 0.981. The molecule has 0 amide bonds. The van der Waals surface area contributed by atoms with Crippen molar-refractivity contribution in [2.24, 2.45) is 11.7 Å². The molecule has 0 aromatic rings. The first-order chi connectivity index (χ1) is 5.20. The third-order valence-electron chi connectivity index (χ3n) is 2.59. The average molecular weight is 155 g/mol. The number of carbonyl (C=O) groups excluding carboxylic acids is 1. The van der Waals surface area contributed by atoms with Crippen LogP contribution >= 0.6 is 0 Å². The van der Waals surface area contributed by atoms with Crippen LogP contribution < -0.4 is 5.73 Å². The predicted molar refractivity (Wildman–Crippen MR) is 45.2 cm³/mol. The van der Waals surface area contributed by atoms with Crippen LogP contribution in [0.3, 0.4) is 0 Å². The molecule has 1 aliphatic rings. The first kappa shape index (κ1) is 8.72. The van der Waals surface area contributed by atoms with Crippen LogP contribution in [0.2, 0.25) is 0 Å². The Morgan fingerprint density at radius 3 is 2.64 bits per heavy atom. The molecule has 0 radical (unpaired) electrons. The van der Waals surface area contributed by atoms with E-state index in [2.05, 4.69) is 0 Å². The molecule has 2 nitrogen and oxygen atoms in total. The van der Waals surface area contributed by atoms with Crippen molar-refractivity contribution >= 4 is 5.78 Å². The highest BCUT2D eigenvalue weighted by Crippen LogP contribution is 2.30. The molecule has 64 valence electrons. The molecule has 0 bridgehead atoms. The van der Waals surface area contributed by atoms with Gasteiger partial charge in [0.2, 0.25) is 0 Å². The van der Waals surface area contributed by atoms with Crippen molar-refractivity contribution in [3.63, 3.8) is 0 Å². The summed E-state index contributed by atoms with van der Waals surface area (Å²) in [5, 5.41) is 0. The normalized spacial score (nSPS) is 20.9. The molecule has 0 saturated heterocycles. The second-order valence-corrected chi connectivity index (χ2v) is 3.60. The molecule has 1 unspecified atom stereocenters. The fourth-order valence-corrected chi connectivity index (χ4v) is 1.47. The molecule has 0 heterocycles. The highest BCUT2D eigenvalue weighted by molar-refractivity contribution is 5.75. The van der Waals surface area contributed by atoms with Gasteiger partial charge in [-0.25, -0.2) is 0 Å². The number of rotatable bonds is 4. The second kappa shape index (κ2) is 3.86. The first-order valence-electron chi connectivity index (χ1n) is 4.45. The molecule has 1 saturated carbocycles. The van der Waals surface area contributed by atoms with Gasteiger partial charge in [0.05, 0.1) is 0 Å². The molecule has 1 atom stereocenters. The van der Waals surface area contributed by atoms with Gasteiger partial charge >= 0.3 is 0 Å². The third-order valence-corrected chi connectivity index (χ3v) is 2.59. The molecule has 2 N–H and O–H groups in total. The van der Waals surface area contributed by atoms with Crippen LogP contribution in [0.25, 0.3) is 0 Å². The molecular weight excluding hydrogens is 138 g/mol. The Hall–Kier alpha value is -0.370. The van der Waals surface area contributed by atoms with Crippen molar-refractivity contribution < 1.29 is 4.79 Å². The lowest BCUT2D eigenvalue weighted by Crippen LogP contribution is -2.34. The zero-order valence-electron chi connectivity index (χ0n) is 7.18. The minimum absolute atomic E-state index is 0.264. The van der Waals surface area contributed by atoms with Gasteiger partial charge in [-0.15, -0.1) is 0 Å². The van der Waals surface area contributed by atoms with E-state index < -0.39 is 0 Å². The van der Waals surface area contributed by atoms with Crippen molar-refractivity contribution in [3.8, 4) is 0 Å². The number of nitrogens with two attached hydrogens (primary N) is 1. The van der Waals surface area contributed by atoms with Crippen LogP contribution in [0, 0.1) is 5.92 Å². The van der Waals surface area contributed by atoms with Gasteiger partial charge < -0.3 is 10.5 Å². The van der Waals surface area contributed by atoms with Crippen LogP contribution in [0.1, 0.15) is 39.0 Å². The van der Waals surface area contributed by atoms with E-state index in [0.717, 1.165) is 6.42 Å². The van der Waals surface area contributed by atoms with Crippen molar-refractivity contribution in [1.82, 2.24) is 0 Å². The number of hydrogen-bond acceptors (Lipinski definition) is 2. The predicted octanol–water partition coefficient (Wildman–Crippen LogP) is 1.48. The van der Waals surface area contributed by atoms with E-state index in [4.69, 9.17) is 5.73 Å². The Morgan fingerprint density at radius 2 is 2.27 bits per heavy atom. The standard InChI is InChI=1S/C9H17NO/c1-7(11)5-6-9(10)8-3-2-4-8/h8-9H,2-6,10H2,1H3. The van der Waals surface area contributed by atoms with Gasteiger partial charge in [0.15, 0.2) is 0 Å². The number of hydrogen-bond donors (Lipinski definition) is 1. The zero-order chi connectivity index (χ0) is 8.27. The van der Waals surface area contributed by atoms with Gasteiger partial charge in [-0.3, -0.25) is 0 Å². The number of carbonyl (C=O) groups is 1. The maximum Gasteiger partial charge on any atom is 0.129 e. The number of Topliss-reactive ketones (excluding diaryl/α,β-unsaturated/α-hetero) is 1. The third kappa shape index (κ3) is 2.62. The molecule has 1 fully saturated rings. The smallest absolute Gasteiger partial charge is 0.129 e. The van der Waals surface area contributed by atoms with Crippen LogP contribution in [-0.4, -0.2) is 11.8 Å². The van der Waals surface area contributed by atoms with E-state index in [9.17, 15) is 4.79 Å². The largest absolute Gasteiger partial charge is 0.327 e. The summed E-state index contributed by atoms with van der Waals surface area (Å²) in [6.45, 7) is 1.63. The molecule has 0 aliphatic heterocycles. The molecule has 0 spiro atoms. The lowest BCUT2D eigenvalue weighted by atomic mass is 9.78. The van der Waals surface area contributed by atoms with Crippen LogP contribution in [0.4, 0.5) is 0 Å². The Bertz CT molecular complexity index is 140. The van der Waals surface area contributed by atoms with Gasteiger partial charge in [0, 0.05) is 12.5 Å².